The third-order valence-corrected chi connectivity index (χ3v) is 6.89. The first-order valence-corrected chi connectivity index (χ1v) is 12.6. The second-order valence-corrected chi connectivity index (χ2v) is 9.68. The lowest BCUT2D eigenvalue weighted by Crippen LogP contribution is -2.24. The molecule has 4 rings (SSSR count). The molecule has 3 aromatic carbocycles. The van der Waals surface area contributed by atoms with Gasteiger partial charge in [0.05, 0.1) is 18.5 Å². The molecule has 5 nitrogen and oxygen atoms in total. The highest BCUT2D eigenvalue weighted by Gasteiger charge is 2.20. The fraction of sp³-hybridized carbons (Fsp3) is 0.241. The molecule has 6 heteroatoms. The van der Waals surface area contributed by atoms with Gasteiger partial charge in [0.25, 0.3) is 5.91 Å². The van der Waals surface area contributed by atoms with Crippen molar-refractivity contribution >= 4 is 17.2 Å². The molecule has 1 N–H and O–H groups in total. The number of carbonyl (C=O) groups excluding carboxylic acids is 1. The number of unbranched alkanes of at least 4 members (excludes halogenated alkanes) is 1. The minimum atomic E-state index is -0.110. The monoisotopic (exact) mass is 486 g/mol. The molecule has 0 aliphatic heterocycles. The van der Waals surface area contributed by atoms with Crippen LogP contribution >= 0.6 is 11.3 Å². The number of aryl methyl sites for hydroxylation is 3. The number of hydrogen-bond acceptors (Lipinski definition) is 4. The second kappa shape index (κ2) is 11.2. The molecule has 35 heavy (non-hydrogen) atoms. The molecule has 0 aliphatic carbocycles. The van der Waals surface area contributed by atoms with Crippen LogP contribution in [0.5, 0.6) is 5.75 Å². The molecule has 0 bridgehead atoms. The number of aromatic nitrogens is 1. The van der Waals surface area contributed by atoms with Crippen molar-refractivity contribution in [1.29, 1.82) is 0 Å². The van der Waals surface area contributed by atoms with Crippen LogP contribution in [0.3, 0.4) is 0 Å². The summed E-state index contributed by atoms with van der Waals surface area (Å²) < 4.78 is 7.31. The molecule has 180 valence electrons. The van der Waals surface area contributed by atoms with Gasteiger partial charge in [-0.15, -0.1) is 0 Å². The number of nitrogens with zero attached hydrogens (tertiary/aromatic N) is 1. The molecule has 0 radical (unpaired) electrons. The number of amides is 1. The Morgan fingerprint density at radius 3 is 2.51 bits per heavy atom. The van der Waals surface area contributed by atoms with Crippen LogP contribution in [0.15, 0.2) is 77.6 Å². The van der Waals surface area contributed by atoms with Crippen LogP contribution in [0.4, 0.5) is 0 Å². The number of carbonyl (C=O) groups is 1. The predicted octanol–water partition coefficient (Wildman–Crippen LogP) is 5.94. The van der Waals surface area contributed by atoms with E-state index in [1.807, 2.05) is 68.4 Å². The fourth-order valence-corrected chi connectivity index (χ4v) is 5.16. The Kier molecular flexibility index (Phi) is 7.83. The average Bonchev–Trinajstić information content (AvgIpc) is 3.17. The number of nitrogens with one attached hydrogen (secondary N) is 1. The lowest BCUT2D eigenvalue weighted by Gasteiger charge is -2.15. The standard InChI is InChI=1S/C29H30N2O3S/c1-20-11-9-17-25(27(20)34-3)31-26(21(2)35-29(31)33)23-15-10-16-24(19-23)28(32)30-18-8-7-14-22-12-5-4-6-13-22/h4-6,9-13,15-17,19H,7-8,14,18H2,1-3H3,(H,30,32). The summed E-state index contributed by atoms with van der Waals surface area (Å²) in [5.74, 6) is 0.555. The maximum absolute atomic E-state index is 13.0. The van der Waals surface area contributed by atoms with Crippen molar-refractivity contribution in [2.24, 2.45) is 0 Å². The Bertz CT molecular complexity index is 1370. The average molecular weight is 487 g/mol. The molecule has 1 heterocycles. The number of para-hydroxylation sites is 1. The van der Waals surface area contributed by atoms with Crippen molar-refractivity contribution in [3.8, 4) is 22.7 Å². The van der Waals surface area contributed by atoms with Gasteiger partial charge in [-0.05, 0) is 62.4 Å². The summed E-state index contributed by atoms with van der Waals surface area (Å²) in [5.41, 5.74) is 5.14. The smallest absolute Gasteiger partial charge is 0.312 e. The van der Waals surface area contributed by atoms with Gasteiger partial charge in [-0.2, -0.15) is 0 Å². The number of thiazole rings is 1. The van der Waals surface area contributed by atoms with E-state index >= 15 is 0 Å². The molecule has 1 aromatic heterocycles. The molecule has 0 fully saturated rings. The van der Waals surface area contributed by atoms with Crippen LogP contribution in [-0.4, -0.2) is 24.1 Å². The Balaban J connectivity index is 1.52. The van der Waals surface area contributed by atoms with E-state index in [2.05, 4.69) is 17.4 Å². The lowest BCUT2D eigenvalue weighted by atomic mass is 10.1. The van der Waals surface area contributed by atoms with Crippen LogP contribution in [0, 0.1) is 13.8 Å². The molecule has 0 aliphatic rings. The Morgan fingerprint density at radius 1 is 0.971 bits per heavy atom. The normalized spacial score (nSPS) is 10.8. The third-order valence-electron chi connectivity index (χ3n) is 6.04. The molecule has 0 saturated heterocycles. The summed E-state index contributed by atoms with van der Waals surface area (Å²) in [6, 6.07) is 23.6. The highest BCUT2D eigenvalue weighted by Crippen LogP contribution is 2.33. The first-order chi connectivity index (χ1) is 17.0. The van der Waals surface area contributed by atoms with Crippen LogP contribution in [-0.2, 0) is 6.42 Å². The highest BCUT2D eigenvalue weighted by molar-refractivity contribution is 7.09. The number of hydrogen-bond donors (Lipinski definition) is 1. The zero-order valence-corrected chi connectivity index (χ0v) is 21.2. The first-order valence-electron chi connectivity index (χ1n) is 11.8. The largest absolute Gasteiger partial charge is 0.494 e. The topological polar surface area (TPSA) is 60.3 Å². The van der Waals surface area contributed by atoms with Gasteiger partial charge in [-0.3, -0.25) is 14.2 Å². The van der Waals surface area contributed by atoms with Crippen LogP contribution < -0.4 is 14.9 Å². The number of benzene rings is 3. The summed E-state index contributed by atoms with van der Waals surface area (Å²) >= 11 is 1.19. The maximum atomic E-state index is 13.0. The van der Waals surface area contributed by atoms with Gasteiger partial charge >= 0.3 is 4.87 Å². The predicted molar refractivity (Wildman–Crippen MR) is 143 cm³/mol. The van der Waals surface area contributed by atoms with Crippen LogP contribution in [0.25, 0.3) is 16.9 Å². The van der Waals surface area contributed by atoms with E-state index in [9.17, 15) is 9.59 Å². The molecule has 0 saturated carbocycles. The molecule has 0 spiro atoms. The Morgan fingerprint density at radius 2 is 1.74 bits per heavy atom. The van der Waals surface area contributed by atoms with Crippen LogP contribution in [0.1, 0.15) is 39.2 Å². The van der Waals surface area contributed by atoms with Crippen molar-refractivity contribution < 1.29 is 9.53 Å². The van der Waals surface area contributed by atoms with Crippen molar-refractivity contribution in [3.05, 3.63) is 104 Å². The molecular formula is C29H30N2O3S. The number of ether oxygens (including phenoxy) is 1. The summed E-state index contributed by atoms with van der Waals surface area (Å²) in [6.45, 7) is 4.51. The van der Waals surface area contributed by atoms with E-state index in [4.69, 9.17) is 4.74 Å². The van der Waals surface area contributed by atoms with Crippen molar-refractivity contribution in [1.82, 2.24) is 9.88 Å². The Labute approximate surface area is 210 Å². The van der Waals surface area contributed by atoms with Gasteiger partial charge in [-0.25, -0.2) is 0 Å². The molecule has 0 atom stereocenters. The molecule has 4 aromatic rings. The van der Waals surface area contributed by atoms with E-state index in [-0.39, 0.29) is 10.8 Å². The maximum Gasteiger partial charge on any atom is 0.312 e. The SMILES string of the molecule is COc1c(C)cccc1-n1c(-c2cccc(C(=O)NCCCCc3ccccc3)c2)c(C)sc1=O. The third kappa shape index (κ3) is 5.54. The fourth-order valence-electron chi connectivity index (χ4n) is 4.31. The van der Waals surface area contributed by atoms with Gasteiger partial charge in [0.15, 0.2) is 0 Å². The summed E-state index contributed by atoms with van der Waals surface area (Å²) in [7, 11) is 1.61. The van der Waals surface area contributed by atoms with Crippen molar-refractivity contribution in [2.75, 3.05) is 13.7 Å². The number of rotatable bonds is 9. The van der Waals surface area contributed by atoms with Gasteiger partial charge in [-0.1, -0.05) is 65.9 Å². The van der Waals surface area contributed by atoms with Gasteiger partial charge in [0.2, 0.25) is 0 Å². The molecule has 1 amide bonds. The van der Waals surface area contributed by atoms with Crippen LogP contribution in [0.2, 0.25) is 0 Å². The lowest BCUT2D eigenvalue weighted by molar-refractivity contribution is 0.0953. The minimum absolute atomic E-state index is 0.0883. The van der Waals surface area contributed by atoms with E-state index in [0.29, 0.717) is 23.5 Å². The van der Waals surface area contributed by atoms with Crippen molar-refractivity contribution in [3.63, 3.8) is 0 Å². The van der Waals surface area contributed by atoms with Gasteiger partial charge in [0.1, 0.15) is 5.75 Å². The van der Waals surface area contributed by atoms with E-state index in [1.165, 1.54) is 16.9 Å². The Hall–Kier alpha value is -3.64. The van der Waals surface area contributed by atoms with E-state index < -0.39 is 0 Å². The number of methoxy groups -OCH3 is 1. The zero-order valence-electron chi connectivity index (χ0n) is 20.3. The first kappa shape index (κ1) is 24.5. The molecular weight excluding hydrogens is 456 g/mol. The second-order valence-electron chi connectivity index (χ2n) is 8.51. The summed E-state index contributed by atoms with van der Waals surface area (Å²) in [5, 5.41) is 3.03. The zero-order chi connectivity index (χ0) is 24.8. The van der Waals surface area contributed by atoms with E-state index in [1.54, 1.807) is 17.7 Å². The van der Waals surface area contributed by atoms with Gasteiger partial charge in [0, 0.05) is 22.5 Å². The van der Waals surface area contributed by atoms with Gasteiger partial charge < -0.3 is 10.1 Å². The quantitative estimate of drug-likeness (QED) is 0.298. The molecule has 0 unspecified atom stereocenters. The van der Waals surface area contributed by atoms with E-state index in [0.717, 1.165) is 41.0 Å². The summed E-state index contributed by atoms with van der Waals surface area (Å²) in [4.78, 5) is 26.6. The highest BCUT2D eigenvalue weighted by atomic mass is 32.1. The summed E-state index contributed by atoms with van der Waals surface area (Å²) in [6.07, 6.45) is 2.93. The van der Waals surface area contributed by atoms with Crippen molar-refractivity contribution in [2.45, 2.75) is 33.1 Å². The minimum Gasteiger partial charge on any atom is -0.494 e.